The second-order valence-electron chi connectivity index (χ2n) is 6.44. The van der Waals surface area contributed by atoms with E-state index in [1.807, 2.05) is 0 Å². The van der Waals surface area contributed by atoms with Gasteiger partial charge in [0.1, 0.15) is 0 Å². The molecule has 2 aromatic carbocycles. The van der Waals surface area contributed by atoms with E-state index in [9.17, 15) is 13.2 Å². The van der Waals surface area contributed by atoms with Crippen LogP contribution in [-0.4, -0.2) is 6.54 Å². The van der Waals surface area contributed by atoms with Gasteiger partial charge in [-0.15, -0.1) is 0 Å². The van der Waals surface area contributed by atoms with Crippen LogP contribution in [0.4, 0.5) is 13.2 Å². The third kappa shape index (κ3) is 2.76. The Balaban J connectivity index is 1.77. The Morgan fingerprint density at radius 1 is 0.913 bits per heavy atom. The van der Waals surface area contributed by atoms with E-state index < -0.39 is 11.7 Å². The Hall–Kier alpha value is -1.81. The molecule has 1 aliphatic carbocycles. The average molecular weight is 317 g/mol. The monoisotopic (exact) mass is 317 g/mol. The molecular weight excluding hydrogens is 299 g/mol. The van der Waals surface area contributed by atoms with E-state index in [1.54, 1.807) is 12.1 Å². The molecule has 0 radical (unpaired) electrons. The van der Waals surface area contributed by atoms with Gasteiger partial charge in [0.2, 0.25) is 0 Å². The first kappa shape index (κ1) is 14.8. The first-order valence-corrected chi connectivity index (χ1v) is 8.07. The zero-order chi connectivity index (χ0) is 16.0. The highest BCUT2D eigenvalue weighted by Crippen LogP contribution is 2.44. The van der Waals surface area contributed by atoms with Crippen molar-refractivity contribution < 1.29 is 13.2 Å². The van der Waals surface area contributed by atoms with E-state index in [1.165, 1.54) is 41.7 Å². The highest BCUT2D eigenvalue weighted by Gasteiger charge is 2.31. The minimum Gasteiger partial charge on any atom is -0.312 e. The third-order valence-electron chi connectivity index (χ3n) is 4.86. The highest BCUT2D eigenvalue weighted by atomic mass is 19.4. The lowest BCUT2D eigenvalue weighted by Crippen LogP contribution is -2.25. The molecule has 0 saturated heterocycles. The first-order valence-electron chi connectivity index (χ1n) is 8.07. The molecule has 1 aliphatic heterocycles. The van der Waals surface area contributed by atoms with Gasteiger partial charge in [-0.05, 0) is 71.7 Å². The summed E-state index contributed by atoms with van der Waals surface area (Å²) < 4.78 is 38.2. The predicted molar refractivity (Wildman–Crippen MR) is 84.3 cm³/mol. The van der Waals surface area contributed by atoms with Gasteiger partial charge in [0.25, 0.3) is 0 Å². The molecule has 120 valence electrons. The zero-order valence-corrected chi connectivity index (χ0v) is 12.7. The van der Waals surface area contributed by atoms with E-state index in [0.717, 1.165) is 30.6 Å². The molecule has 0 unspecified atom stereocenters. The van der Waals surface area contributed by atoms with Crippen LogP contribution < -0.4 is 5.32 Å². The van der Waals surface area contributed by atoms with Crippen molar-refractivity contribution in [2.75, 3.05) is 6.54 Å². The summed E-state index contributed by atoms with van der Waals surface area (Å²) in [6.07, 6.45) is -0.831. The highest BCUT2D eigenvalue weighted by molar-refractivity contribution is 5.71. The van der Waals surface area contributed by atoms with Gasteiger partial charge in [0.05, 0.1) is 5.56 Å². The average Bonchev–Trinajstić information content (AvgIpc) is 3.38. The molecule has 0 amide bonds. The van der Waals surface area contributed by atoms with Crippen LogP contribution in [0.15, 0.2) is 36.4 Å². The summed E-state index contributed by atoms with van der Waals surface area (Å²) >= 11 is 0. The van der Waals surface area contributed by atoms with Gasteiger partial charge < -0.3 is 5.32 Å². The Morgan fingerprint density at radius 2 is 1.65 bits per heavy atom. The van der Waals surface area contributed by atoms with Gasteiger partial charge in [0, 0.05) is 6.54 Å². The maximum absolute atomic E-state index is 12.7. The van der Waals surface area contributed by atoms with E-state index in [-0.39, 0.29) is 0 Å². The molecule has 1 nitrogen and oxygen atoms in total. The van der Waals surface area contributed by atoms with Gasteiger partial charge >= 0.3 is 6.18 Å². The van der Waals surface area contributed by atoms with E-state index in [2.05, 4.69) is 17.4 Å². The number of hydrogen-bond acceptors (Lipinski definition) is 1. The Labute approximate surface area is 133 Å². The summed E-state index contributed by atoms with van der Waals surface area (Å²) in [6.45, 7) is 1.80. The topological polar surface area (TPSA) is 12.0 Å². The standard InChI is InChI=1S/C19H18F3N/c20-19(21,22)14-5-3-13(4-6-14)15-7-8-16(12-1-2-12)18-11-23-10-9-17(15)18/h3-8,12,23H,1-2,9-11H2. The molecule has 0 bridgehead atoms. The lowest BCUT2D eigenvalue weighted by Gasteiger charge is -2.24. The fraction of sp³-hybridized carbons (Fsp3) is 0.368. The Morgan fingerprint density at radius 3 is 2.30 bits per heavy atom. The number of halogens is 3. The van der Waals surface area contributed by atoms with E-state index >= 15 is 0 Å². The number of benzene rings is 2. The maximum atomic E-state index is 12.7. The summed E-state index contributed by atoms with van der Waals surface area (Å²) in [5.41, 5.74) is 5.48. The van der Waals surface area contributed by atoms with Crippen molar-refractivity contribution in [3.05, 3.63) is 58.7 Å². The van der Waals surface area contributed by atoms with E-state index in [4.69, 9.17) is 0 Å². The molecule has 0 spiro atoms. The molecular formula is C19H18F3N. The smallest absolute Gasteiger partial charge is 0.312 e. The van der Waals surface area contributed by atoms with Crippen LogP contribution in [0.1, 0.15) is 41.0 Å². The summed E-state index contributed by atoms with van der Waals surface area (Å²) in [5.74, 6) is 0.685. The number of hydrogen-bond donors (Lipinski definition) is 1. The van der Waals surface area contributed by atoms with Crippen LogP contribution in [0.25, 0.3) is 11.1 Å². The van der Waals surface area contributed by atoms with Crippen molar-refractivity contribution in [3.63, 3.8) is 0 Å². The van der Waals surface area contributed by atoms with Crippen LogP contribution in [0, 0.1) is 0 Å². The molecule has 4 heteroatoms. The lowest BCUT2D eigenvalue weighted by atomic mass is 9.86. The van der Waals surface area contributed by atoms with Gasteiger partial charge in [-0.1, -0.05) is 24.3 Å². The Kier molecular flexibility index (Phi) is 3.45. The van der Waals surface area contributed by atoms with Crippen LogP contribution in [0.3, 0.4) is 0 Å². The summed E-state index contributed by atoms with van der Waals surface area (Å²) in [6, 6.07) is 9.82. The lowest BCUT2D eigenvalue weighted by molar-refractivity contribution is -0.137. The van der Waals surface area contributed by atoms with E-state index in [0.29, 0.717) is 5.92 Å². The number of nitrogens with one attached hydrogen (secondary N) is 1. The molecule has 1 saturated carbocycles. The first-order chi connectivity index (χ1) is 11.0. The molecule has 4 rings (SSSR count). The molecule has 0 aromatic heterocycles. The largest absolute Gasteiger partial charge is 0.416 e. The molecule has 23 heavy (non-hydrogen) atoms. The van der Waals surface area contributed by atoms with Crippen molar-refractivity contribution in [3.8, 4) is 11.1 Å². The van der Waals surface area contributed by atoms with Gasteiger partial charge in [-0.25, -0.2) is 0 Å². The summed E-state index contributed by atoms with van der Waals surface area (Å²) in [4.78, 5) is 0. The number of alkyl halides is 3. The fourth-order valence-corrected chi connectivity index (χ4v) is 3.52. The second-order valence-corrected chi connectivity index (χ2v) is 6.44. The quantitative estimate of drug-likeness (QED) is 0.831. The number of fused-ring (bicyclic) bond motifs is 1. The SMILES string of the molecule is FC(F)(F)c1ccc(-c2ccc(C3CC3)c3c2CCNC3)cc1. The summed E-state index contributed by atoms with van der Waals surface area (Å²) in [7, 11) is 0. The van der Waals surface area contributed by atoms with Crippen molar-refractivity contribution in [2.24, 2.45) is 0 Å². The number of rotatable bonds is 2. The van der Waals surface area contributed by atoms with Crippen LogP contribution in [-0.2, 0) is 19.1 Å². The maximum Gasteiger partial charge on any atom is 0.416 e. The molecule has 2 aliphatic rings. The zero-order valence-electron chi connectivity index (χ0n) is 12.7. The molecule has 1 fully saturated rings. The second kappa shape index (κ2) is 5.38. The predicted octanol–water partition coefficient (Wildman–Crippen LogP) is 4.90. The third-order valence-corrected chi connectivity index (χ3v) is 4.86. The van der Waals surface area contributed by atoms with Gasteiger partial charge in [-0.3, -0.25) is 0 Å². The van der Waals surface area contributed by atoms with Gasteiger partial charge in [-0.2, -0.15) is 13.2 Å². The van der Waals surface area contributed by atoms with Crippen molar-refractivity contribution in [1.29, 1.82) is 0 Å². The minimum absolute atomic E-state index is 0.591. The fourth-order valence-electron chi connectivity index (χ4n) is 3.52. The van der Waals surface area contributed by atoms with Crippen molar-refractivity contribution in [1.82, 2.24) is 5.32 Å². The molecule has 2 aromatic rings. The molecule has 1 N–H and O–H groups in total. The molecule has 0 atom stereocenters. The summed E-state index contributed by atoms with van der Waals surface area (Å²) in [5, 5.41) is 3.42. The van der Waals surface area contributed by atoms with Gasteiger partial charge in [0.15, 0.2) is 0 Å². The Bertz CT molecular complexity index is 728. The van der Waals surface area contributed by atoms with Crippen LogP contribution >= 0.6 is 0 Å². The van der Waals surface area contributed by atoms with Crippen molar-refractivity contribution in [2.45, 2.75) is 37.9 Å². The van der Waals surface area contributed by atoms with Crippen LogP contribution in [0.5, 0.6) is 0 Å². The normalized spacial score (nSPS) is 17.9. The van der Waals surface area contributed by atoms with Crippen LogP contribution in [0.2, 0.25) is 0 Å². The van der Waals surface area contributed by atoms with Crippen molar-refractivity contribution >= 4 is 0 Å². The molecule has 1 heterocycles. The minimum atomic E-state index is -4.28.